The van der Waals surface area contributed by atoms with Crippen molar-refractivity contribution in [2.75, 3.05) is 14.1 Å². The van der Waals surface area contributed by atoms with E-state index in [1.807, 2.05) is 26.1 Å². The average Bonchev–Trinajstić information content (AvgIpc) is 1.83. The molecule has 0 aliphatic heterocycles. The Morgan fingerprint density at radius 2 is 2.25 bits per heavy atom. The SMILES string of the molecule is CC=CC(=NC)NC. The summed E-state index contributed by atoms with van der Waals surface area (Å²) in [5.41, 5.74) is 0. The lowest BCUT2D eigenvalue weighted by atomic mass is 10.5. The second kappa shape index (κ2) is 4.37. The third-order valence-corrected chi connectivity index (χ3v) is 0.822. The first kappa shape index (κ1) is 7.21. The Morgan fingerprint density at radius 3 is 2.38 bits per heavy atom. The number of hydrogen-bond donors (Lipinski definition) is 1. The molecule has 0 spiro atoms. The van der Waals surface area contributed by atoms with Gasteiger partial charge >= 0.3 is 0 Å². The molecule has 0 aliphatic carbocycles. The normalized spacial score (nSPS) is 12.6. The maximum atomic E-state index is 3.92. The van der Waals surface area contributed by atoms with Crippen LogP contribution < -0.4 is 5.32 Å². The Balaban J connectivity index is 3.72. The Kier molecular flexibility index (Phi) is 3.94. The molecular weight excluding hydrogens is 100 g/mol. The lowest BCUT2D eigenvalue weighted by Gasteiger charge is -1.93. The van der Waals surface area contributed by atoms with Crippen LogP contribution in [0.15, 0.2) is 17.1 Å². The Bertz CT molecular complexity index is 100. The molecule has 0 aromatic heterocycles. The van der Waals surface area contributed by atoms with Crippen LogP contribution in [0.25, 0.3) is 0 Å². The molecule has 46 valence electrons. The molecule has 0 saturated heterocycles. The minimum absolute atomic E-state index is 0.910. The molecule has 0 amide bonds. The van der Waals surface area contributed by atoms with Gasteiger partial charge in [0.25, 0.3) is 0 Å². The van der Waals surface area contributed by atoms with Crippen molar-refractivity contribution >= 4 is 5.84 Å². The van der Waals surface area contributed by atoms with Crippen molar-refractivity contribution in [2.45, 2.75) is 6.92 Å². The van der Waals surface area contributed by atoms with Crippen molar-refractivity contribution in [1.29, 1.82) is 0 Å². The number of rotatable bonds is 1. The minimum Gasteiger partial charge on any atom is -0.373 e. The summed E-state index contributed by atoms with van der Waals surface area (Å²) in [4.78, 5) is 3.92. The number of nitrogens with one attached hydrogen (secondary N) is 1. The summed E-state index contributed by atoms with van der Waals surface area (Å²) in [6.45, 7) is 1.96. The Hall–Kier alpha value is -0.790. The topological polar surface area (TPSA) is 24.4 Å². The van der Waals surface area contributed by atoms with Gasteiger partial charge in [0.1, 0.15) is 5.84 Å². The number of hydrogen-bond acceptors (Lipinski definition) is 1. The van der Waals surface area contributed by atoms with Gasteiger partial charge in [-0.2, -0.15) is 0 Å². The van der Waals surface area contributed by atoms with Crippen LogP contribution in [0.2, 0.25) is 0 Å². The van der Waals surface area contributed by atoms with Gasteiger partial charge in [-0.15, -0.1) is 0 Å². The fourth-order valence-electron chi connectivity index (χ4n) is 0.428. The Labute approximate surface area is 50.3 Å². The number of allylic oxidation sites excluding steroid dienone is 1. The van der Waals surface area contributed by atoms with Crippen LogP contribution >= 0.6 is 0 Å². The van der Waals surface area contributed by atoms with Crippen LogP contribution in [0.4, 0.5) is 0 Å². The first-order chi connectivity index (χ1) is 3.85. The Morgan fingerprint density at radius 1 is 1.62 bits per heavy atom. The van der Waals surface area contributed by atoms with Crippen LogP contribution in [0, 0.1) is 0 Å². The van der Waals surface area contributed by atoms with E-state index < -0.39 is 0 Å². The van der Waals surface area contributed by atoms with E-state index in [-0.39, 0.29) is 0 Å². The average molecular weight is 112 g/mol. The van der Waals surface area contributed by atoms with Crippen molar-refractivity contribution in [2.24, 2.45) is 4.99 Å². The molecule has 8 heavy (non-hydrogen) atoms. The zero-order valence-corrected chi connectivity index (χ0v) is 5.60. The number of likely N-dealkylation sites (N-methyl/N-ethyl adjacent to an activating group) is 1. The highest BCUT2D eigenvalue weighted by molar-refractivity contribution is 5.92. The van der Waals surface area contributed by atoms with Gasteiger partial charge in [0.2, 0.25) is 0 Å². The van der Waals surface area contributed by atoms with Crippen LogP contribution in [0.3, 0.4) is 0 Å². The van der Waals surface area contributed by atoms with E-state index in [4.69, 9.17) is 0 Å². The van der Waals surface area contributed by atoms with Gasteiger partial charge in [0.05, 0.1) is 0 Å². The third kappa shape index (κ3) is 2.39. The first-order valence-corrected chi connectivity index (χ1v) is 2.62. The molecule has 2 nitrogen and oxygen atoms in total. The molecule has 0 saturated carbocycles. The van der Waals surface area contributed by atoms with Gasteiger partial charge in [0.15, 0.2) is 0 Å². The first-order valence-electron chi connectivity index (χ1n) is 2.62. The summed E-state index contributed by atoms with van der Waals surface area (Å²) in [5, 5.41) is 2.92. The highest BCUT2D eigenvalue weighted by Crippen LogP contribution is 1.72. The van der Waals surface area contributed by atoms with Gasteiger partial charge < -0.3 is 5.32 Å². The van der Waals surface area contributed by atoms with Gasteiger partial charge in [-0.3, -0.25) is 4.99 Å². The van der Waals surface area contributed by atoms with Gasteiger partial charge in [0, 0.05) is 14.1 Å². The second-order valence-corrected chi connectivity index (χ2v) is 1.36. The molecule has 0 unspecified atom stereocenters. The van der Waals surface area contributed by atoms with Gasteiger partial charge in [-0.25, -0.2) is 0 Å². The molecule has 0 fully saturated rings. The van der Waals surface area contributed by atoms with Crippen molar-refractivity contribution in [3.63, 3.8) is 0 Å². The van der Waals surface area contributed by atoms with E-state index >= 15 is 0 Å². The summed E-state index contributed by atoms with van der Waals surface area (Å²) in [6, 6.07) is 0. The maximum Gasteiger partial charge on any atom is 0.119 e. The monoisotopic (exact) mass is 112 g/mol. The standard InChI is InChI=1S/C6H12N2/c1-4-5-6(7-2)8-3/h4-5H,1-3H3,(H,7,8). The molecule has 0 radical (unpaired) electrons. The van der Waals surface area contributed by atoms with E-state index in [9.17, 15) is 0 Å². The van der Waals surface area contributed by atoms with Crippen molar-refractivity contribution in [3.8, 4) is 0 Å². The zero-order chi connectivity index (χ0) is 6.41. The second-order valence-electron chi connectivity index (χ2n) is 1.36. The van der Waals surface area contributed by atoms with E-state index in [0.717, 1.165) is 5.84 Å². The summed E-state index contributed by atoms with van der Waals surface area (Å²) in [7, 11) is 3.61. The quantitative estimate of drug-likeness (QED) is 0.394. The highest BCUT2D eigenvalue weighted by Gasteiger charge is 1.79. The van der Waals surface area contributed by atoms with Crippen LogP contribution in [-0.2, 0) is 0 Å². The van der Waals surface area contributed by atoms with Gasteiger partial charge in [-0.05, 0) is 13.0 Å². The smallest absolute Gasteiger partial charge is 0.119 e. The molecule has 1 N–H and O–H groups in total. The fourth-order valence-corrected chi connectivity index (χ4v) is 0.428. The molecule has 0 aromatic carbocycles. The van der Waals surface area contributed by atoms with Crippen molar-refractivity contribution < 1.29 is 0 Å². The van der Waals surface area contributed by atoms with E-state index in [2.05, 4.69) is 10.3 Å². The van der Waals surface area contributed by atoms with Crippen LogP contribution in [0.1, 0.15) is 6.92 Å². The van der Waals surface area contributed by atoms with Crippen molar-refractivity contribution in [1.82, 2.24) is 5.32 Å². The number of amidine groups is 1. The summed E-state index contributed by atoms with van der Waals surface area (Å²) >= 11 is 0. The summed E-state index contributed by atoms with van der Waals surface area (Å²) in [6.07, 6.45) is 3.86. The van der Waals surface area contributed by atoms with E-state index in [0.29, 0.717) is 0 Å². The minimum atomic E-state index is 0.910. The lowest BCUT2D eigenvalue weighted by Crippen LogP contribution is -2.14. The summed E-state index contributed by atoms with van der Waals surface area (Å²) < 4.78 is 0. The molecule has 2 heteroatoms. The van der Waals surface area contributed by atoms with Gasteiger partial charge in [-0.1, -0.05) is 6.08 Å². The molecular formula is C6H12N2. The molecule has 0 bridgehead atoms. The summed E-state index contributed by atoms with van der Waals surface area (Å²) in [5.74, 6) is 0.910. The zero-order valence-electron chi connectivity index (χ0n) is 5.60. The van der Waals surface area contributed by atoms with Crippen molar-refractivity contribution in [3.05, 3.63) is 12.2 Å². The molecule has 0 aliphatic rings. The van der Waals surface area contributed by atoms with Crippen LogP contribution in [-0.4, -0.2) is 19.9 Å². The number of nitrogens with zero attached hydrogens (tertiary/aromatic N) is 1. The van der Waals surface area contributed by atoms with E-state index in [1.54, 1.807) is 7.05 Å². The lowest BCUT2D eigenvalue weighted by molar-refractivity contribution is 1.16. The largest absolute Gasteiger partial charge is 0.373 e. The highest BCUT2D eigenvalue weighted by atomic mass is 14.9. The predicted molar refractivity (Wildman–Crippen MR) is 37.2 cm³/mol. The molecule has 0 heterocycles. The fraction of sp³-hybridized carbons (Fsp3) is 0.500. The number of aliphatic imine (C=N–C) groups is 1. The molecule has 0 rings (SSSR count). The maximum absolute atomic E-state index is 3.92. The van der Waals surface area contributed by atoms with Crippen LogP contribution in [0.5, 0.6) is 0 Å². The molecule has 0 atom stereocenters. The third-order valence-electron chi connectivity index (χ3n) is 0.822. The predicted octanol–water partition coefficient (Wildman–Crippen LogP) is 0.810. The van der Waals surface area contributed by atoms with E-state index in [1.165, 1.54) is 0 Å². The molecule has 0 aromatic rings.